The van der Waals surface area contributed by atoms with Crippen LogP contribution in [0.2, 0.25) is 0 Å². The first-order chi connectivity index (χ1) is 9.60. The highest BCUT2D eigenvalue weighted by Gasteiger charge is 2.29. The number of hydrogen-bond donors (Lipinski definition) is 2. The first-order valence-corrected chi connectivity index (χ1v) is 7.17. The fourth-order valence-electron chi connectivity index (χ4n) is 2.23. The van der Waals surface area contributed by atoms with Crippen molar-refractivity contribution in [1.29, 1.82) is 0 Å². The molecule has 1 aromatic heterocycles. The maximum absolute atomic E-state index is 8.62. The second kappa shape index (κ2) is 6.69. The molecule has 0 amide bonds. The number of nitrogens with two attached hydrogens (primary N) is 1. The lowest BCUT2D eigenvalue weighted by Gasteiger charge is -2.21. The van der Waals surface area contributed by atoms with Crippen molar-refractivity contribution in [2.24, 2.45) is 16.8 Å². The average molecular weight is 280 g/mol. The van der Waals surface area contributed by atoms with Crippen LogP contribution in [0.15, 0.2) is 11.5 Å². The molecule has 0 aromatic carbocycles. The van der Waals surface area contributed by atoms with E-state index in [1.165, 1.54) is 12.8 Å². The van der Waals surface area contributed by atoms with Crippen LogP contribution in [0.1, 0.15) is 38.9 Å². The van der Waals surface area contributed by atoms with E-state index in [4.69, 9.17) is 10.9 Å². The summed E-state index contributed by atoms with van der Waals surface area (Å²) in [6, 6.07) is 0.602. The normalized spacial score (nSPS) is 16.3. The highest BCUT2D eigenvalue weighted by atomic mass is 16.4. The minimum absolute atomic E-state index is 0.277. The van der Waals surface area contributed by atoms with Gasteiger partial charge < -0.3 is 10.9 Å². The zero-order valence-electron chi connectivity index (χ0n) is 12.2. The van der Waals surface area contributed by atoms with Crippen molar-refractivity contribution in [1.82, 2.24) is 19.7 Å². The first-order valence-electron chi connectivity index (χ1n) is 7.17. The second-order valence-corrected chi connectivity index (χ2v) is 5.80. The van der Waals surface area contributed by atoms with Gasteiger partial charge in [-0.25, -0.2) is 9.67 Å². The Kier molecular flexibility index (Phi) is 4.94. The molecule has 0 atom stereocenters. The van der Waals surface area contributed by atoms with Gasteiger partial charge in [0.2, 0.25) is 0 Å². The van der Waals surface area contributed by atoms with Gasteiger partial charge in [-0.2, -0.15) is 5.10 Å². The molecule has 1 aromatic rings. The lowest BCUT2D eigenvalue weighted by molar-refractivity contribution is 0.246. The number of amidine groups is 1. The van der Waals surface area contributed by atoms with Gasteiger partial charge in [-0.3, -0.25) is 4.90 Å². The largest absolute Gasteiger partial charge is 0.409 e. The van der Waals surface area contributed by atoms with E-state index in [0.29, 0.717) is 18.4 Å². The smallest absolute Gasteiger partial charge is 0.141 e. The molecule has 112 valence electrons. The summed E-state index contributed by atoms with van der Waals surface area (Å²) >= 11 is 0. The minimum Gasteiger partial charge on any atom is -0.409 e. The van der Waals surface area contributed by atoms with Crippen LogP contribution in [0.25, 0.3) is 0 Å². The molecule has 0 aliphatic heterocycles. The fourth-order valence-corrected chi connectivity index (χ4v) is 2.23. The van der Waals surface area contributed by atoms with Crippen LogP contribution in [0.4, 0.5) is 0 Å². The van der Waals surface area contributed by atoms with E-state index >= 15 is 0 Å². The molecule has 2 rings (SSSR count). The highest BCUT2D eigenvalue weighted by Crippen LogP contribution is 2.28. The van der Waals surface area contributed by atoms with Gasteiger partial charge >= 0.3 is 0 Å². The van der Waals surface area contributed by atoms with E-state index < -0.39 is 0 Å². The predicted octanol–water partition coefficient (Wildman–Crippen LogP) is 1.03. The Labute approximate surface area is 119 Å². The van der Waals surface area contributed by atoms with Crippen molar-refractivity contribution in [2.75, 3.05) is 6.54 Å². The number of aromatic nitrogens is 3. The van der Waals surface area contributed by atoms with Gasteiger partial charge in [0.1, 0.15) is 18.0 Å². The number of oxime groups is 1. The molecule has 1 saturated carbocycles. The summed E-state index contributed by atoms with van der Waals surface area (Å²) in [6.45, 7) is 6.78. The van der Waals surface area contributed by atoms with Crippen LogP contribution >= 0.6 is 0 Å². The molecule has 7 heteroatoms. The first kappa shape index (κ1) is 14.8. The van der Waals surface area contributed by atoms with Crippen molar-refractivity contribution in [2.45, 2.75) is 52.2 Å². The molecule has 1 heterocycles. The van der Waals surface area contributed by atoms with Crippen molar-refractivity contribution in [3.8, 4) is 0 Å². The lowest BCUT2D eigenvalue weighted by atomic mass is 10.2. The molecule has 1 aliphatic carbocycles. The Balaban J connectivity index is 1.96. The van der Waals surface area contributed by atoms with E-state index in [9.17, 15) is 0 Å². The molecule has 1 fully saturated rings. The Morgan fingerprint density at radius 1 is 1.60 bits per heavy atom. The summed E-state index contributed by atoms with van der Waals surface area (Å²) in [5.41, 5.74) is 5.55. The molecule has 0 unspecified atom stereocenters. The van der Waals surface area contributed by atoms with Gasteiger partial charge in [0, 0.05) is 25.6 Å². The van der Waals surface area contributed by atoms with E-state index in [1.54, 1.807) is 6.33 Å². The van der Waals surface area contributed by atoms with Crippen molar-refractivity contribution in [3.05, 3.63) is 12.2 Å². The summed E-state index contributed by atoms with van der Waals surface area (Å²) in [5.74, 6) is 1.81. The third-order valence-corrected chi connectivity index (χ3v) is 3.43. The van der Waals surface area contributed by atoms with Crippen LogP contribution in [-0.4, -0.2) is 43.3 Å². The molecule has 20 heavy (non-hydrogen) atoms. The van der Waals surface area contributed by atoms with Crippen LogP contribution in [0.5, 0.6) is 0 Å². The standard InChI is InChI=1S/C13H24N6O/c1-10(2)7-19-13(15-9-16-19)8-18(11-3-4-11)6-5-12(14)17-20/h9-11,20H,3-8H2,1-2H3,(H2,14,17). The molecular weight excluding hydrogens is 256 g/mol. The molecule has 1 aliphatic rings. The molecule has 0 radical (unpaired) electrons. The maximum Gasteiger partial charge on any atom is 0.141 e. The van der Waals surface area contributed by atoms with Gasteiger partial charge in [-0.15, -0.1) is 0 Å². The van der Waals surface area contributed by atoms with Gasteiger partial charge in [-0.1, -0.05) is 19.0 Å². The quantitative estimate of drug-likeness (QED) is 0.321. The van der Waals surface area contributed by atoms with Crippen LogP contribution in [-0.2, 0) is 13.1 Å². The Morgan fingerprint density at radius 2 is 2.35 bits per heavy atom. The van der Waals surface area contributed by atoms with Crippen molar-refractivity contribution < 1.29 is 5.21 Å². The van der Waals surface area contributed by atoms with Gasteiger partial charge in [0.05, 0.1) is 6.54 Å². The monoisotopic (exact) mass is 280 g/mol. The van der Waals surface area contributed by atoms with Crippen LogP contribution in [0, 0.1) is 5.92 Å². The van der Waals surface area contributed by atoms with E-state index in [0.717, 1.165) is 25.5 Å². The molecule has 3 N–H and O–H groups in total. The molecule has 7 nitrogen and oxygen atoms in total. The average Bonchev–Trinajstić information content (AvgIpc) is 3.17. The zero-order valence-corrected chi connectivity index (χ0v) is 12.2. The number of nitrogens with zero attached hydrogens (tertiary/aromatic N) is 5. The summed E-state index contributed by atoms with van der Waals surface area (Å²) in [5, 5.41) is 15.9. The van der Waals surface area contributed by atoms with Crippen molar-refractivity contribution >= 4 is 5.84 Å². The third kappa shape index (κ3) is 4.19. The zero-order chi connectivity index (χ0) is 14.5. The fraction of sp³-hybridized carbons (Fsp3) is 0.769. The summed E-state index contributed by atoms with van der Waals surface area (Å²) < 4.78 is 1.98. The summed E-state index contributed by atoms with van der Waals surface area (Å²) in [7, 11) is 0. The van der Waals surface area contributed by atoms with E-state index in [1.807, 2.05) is 4.68 Å². The SMILES string of the molecule is CC(C)Cn1ncnc1CN(CCC(N)=NO)C1CC1. The Morgan fingerprint density at radius 3 is 2.95 bits per heavy atom. The van der Waals surface area contributed by atoms with E-state index in [-0.39, 0.29) is 5.84 Å². The highest BCUT2D eigenvalue weighted by molar-refractivity contribution is 5.79. The topological polar surface area (TPSA) is 92.6 Å². The van der Waals surface area contributed by atoms with Crippen molar-refractivity contribution in [3.63, 3.8) is 0 Å². The predicted molar refractivity (Wildman–Crippen MR) is 76.3 cm³/mol. The third-order valence-electron chi connectivity index (χ3n) is 3.43. The van der Waals surface area contributed by atoms with Gasteiger partial charge in [0.25, 0.3) is 0 Å². The minimum atomic E-state index is 0.277. The molecule has 0 saturated heterocycles. The number of hydrogen-bond acceptors (Lipinski definition) is 5. The number of rotatable bonds is 8. The maximum atomic E-state index is 8.62. The Hall–Kier alpha value is -1.63. The van der Waals surface area contributed by atoms with Crippen LogP contribution in [0.3, 0.4) is 0 Å². The summed E-state index contributed by atoms with van der Waals surface area (Å²) in [4.78, 5) is 6.71. The summed E-state index contributed by atoms with van der Waals surface area (Å²) in [6.07, 6.45) is 4.63. The van der Waals surface area contributed by atoms with Gasteiger partial charge in [0.15, 0.2) is 0 Å². The van der Waals surface area contributed by atoms with Crippen LogP contribution < -0.4 is 5.73 Å². The molecule has 0 spiro atoms. The van der Waals surface area contributed by atoms with Gasteiger partial charge in [-0.05, 0) is 18.8 Å². The molecule has 0 bridgehead atoms. The Bertz CT molecular complexity index is 451. The second-order valence-electron chi connectivity index (χ2n) is 5.80. The lowest BCUT2D eigenvalue weighted by Crippen LogP contribution is -2.31. The van der Waals surface area contributed by atoms with E-state index in [2.05, 4.69) is 34.0 Å². The molecular formula is C13H24N6O.